The first-order valence-corrected chi connectivity index (χ1v) is 7.45. The minimum absolute atomic E-state index is 0.403. The van der Waals surface area contributed by atoms with Crippen LogP contribution in [-0.2, 0) is 0 Å². The van der Waals surface area contributed by atoms with Crippen LogP contribution >= 0.6 is 0 Å². The molecule has 4 N–H and O–H groups in total. The lowest BCUT2D eigenvalue weighted by Gasteiger charge is -2.29. The monoisotopic (exact) mass is 273 g/mol. The number of amides is 1. The van der Waals surface area contributed by atoms with Crippen molar-refractivity contribution in [3.8, 4) is 0 Å². The number of nitrogens with two attached hydrogens (primary N) is 2. The third-order valence-electron chi connectivity index (χ3n) is 5.12. The molecule has 3 atom stereocenters. The highest BCUT2D eigenvalue weighted by atomic mass is 16.1. The van der Waals surface area contributed by atoms with Crippen molar-refractivity contribution in [2.75, 3.05) is 24.2 Å². The number of carbonyl (C=O) groups excluding carboxylic acids is 1. The third kappa shape index (κ3) is 2.35. The van der Waals surface area contributed by atoms with Crippen molar-refractivity contribution in [2.45, 2.75) is 25.7 Å². The highest BCUT2D eigenvalue weighted by molar-refractivity contribution is 5.95. The first-order valence-electron chi connectivity index (χ1n) is 7.45. The summed E-state index contributed by atoms with van der Waals surface area (Å²) in [5.74, 6) is 2.21. The standard InChI is InChI=1S/C16H23N3O/c1-19(9-13-7-10-2-3-11(13)6-10)15-8-12(16(18)20)4-5-14(15)17/h4-5,8,10-11,13H,2-3,6-7,9,17H2,1H3,(H2,18,20). The van der Waals surface area contributed by atoms with Crippen LogP contribution in [0.15, 0.2) is 18.2 Å². The van der Waals surface area contributed by atoms with Gasteiger partial charge in [0.2, 0.25) is 5.91 Å². The number of hydrogen-bond acceptors (Lipinski definition) is 3. The Hall–Kier alpha value is -1.71. The van der Waals surface area contributed by atoms with E-state index in [9.17, 15) is 4.79 Å². The second-order valence-corrected chi connectivity index (χ2v) is 6.45. The molecule has 2 aliphatic rings. The molecule has 0 aromatic heterocycles. The average molecular weight is 273 g/mol. The van der Waals surface area contributed by atoms with Gasteiger partial charge in [-0.05, 0) is 55.2 Å². The predicted molar refractivity (Wildman–Crippen MR) is 81.6 cm³/mol. The number of nitrogens with zero attached hydrogens (tertiary/aromatic N) is 1. The quantitative estimate of drug-likeness (QED) is 0.826. The van der Waals surface area contributed by atoms with Gasteiger partial charge in [-0.1, -0.05) is 6.42 Å². The van der Waals surface area contributed by atoms with E-state index in [-0.39, 0.29) is 0 Å². The maximum absolute atomic E-state index is 11.3. The molecule has 108 valence electrons. The number of primary amides is 1. The first kappa shape index (κ1) is 13.3. The summed E-state index contributed by atoms with van der Waals surface area (Å²) in [7, 11) is 2.06. The van der Waals surface area contributed by atoms with Crippen LogP contribution in [0.3, 0.4) is 0 Å². The van der Waals surface area contributed by atoms with Crippen LogP contribution in [-0.4, -0.2) is 19.5 Å². The Kier molecular flexibility index (Phi) is 3.32. The van der Waals surface area contributed by atoms with Crippen molar-refractivity contribution in [2.24, 2.45) is 23.5 Å². The molecule has 4 heteroatoms. The number of anilines is 2. The molecule has 3 unspecified atom stereocenters. The van der Waals surface area contributed by atoms with Crippen molar-refractivity contribution in [1.29, 1.82) is 0 Å². The van der Waals surface area contributed by atoms with Crippen LogP contribution in [0.2, 0.25) is 0 Å². The summed E-state index contributed by atoms with van der Waals surface area (Å²) in [5, 5.41) is 0. The van der Waals surface area contributed by atoms with Crippen LogP contribution in [0.25, 0.3) is 0 Å². The molecular weight excluding hydrogens is 250 g/mol. The maximum Gasteiger partial charge on any atom is 0.248 e. The minimum Gasteiger partial charge on any atom is -0.397 e. The Morgan fingerprint density at radius 2 is 2.15 bits per heavy atom. The van der Waals surface area contributed by atoms with Crippen LogP contribution in [0.4, 0.5) is 11.4 Å². The molecule has 1 aromatic rings. The fraction of sp³-hybridized carbons (Fsp3) is 0.562. The normalized spacial score (nSPS) is 27.8. The zero-order valence-electron chi connectivity index (χ0n) is 12.0. The first-order chi connectivity index (χ1) is 9.54. The zero-order valence-corrected chi connectivity index (χ0v) is 12.0. The van der Waals surface area contributed by atoms with Crippen molar-refractivity contribution in [3.63, 3.8) is 0 Å². The van der Waals surface area contributed by atoms with Crippen LogP contribution < -0.4 is 16.4 Å². The fourth-order valence-corrected chi connectivity index (χ4v) is 4.08. The molecule has 0 aliphatic heterocycles. The topological polar surface area (TPSA) is 72.3 Å². The van der Waals surface area contributed by atoms with Gasteiger partial charge < -0.3 is 16.4 Å². The summed E-state index contributed by atoms with van der Waals surface area (Å²) >= 11 is 0. The van der Waals surface area contributed by atoms with Gasteiger partial charge in [0.25, 0.3) is 0 Å². The Balaban J connectivity index is 1.75. The van der Waals surface area contributed by atoms with E-state index in [1.54, 1.807) is 12.1 Å². The summed E-state index contributed by atoms with van der Waals surface area (Å²) < 4.78 is 0. The van der Waals surface area contributed by atoms with Crippen molar-refractivity contribution in [1.82, 2.24) is 0 Å². The van der Waals surface area contributed by atoms with Gasteiger partial charge in [-0.25, -0.2) is 0 Å². The van der Waals surface area contributed by atoms with Gasteiger partial charge in [0.1, 0.15) is 0 Å². The molecule has 0 radical (unpaired) electrons. The molecule has 3 rings (SSSR count). The van der Waals surface area contributed by atoms with E-state index in [4.69, 9.17) is 11.5 Å². The van der Waals surface area contributed by atoms with Crippen LogP contribution in [0.5, 0.6) is 0 Å². The molecule has 2 bridgehead atoms. The second-order valence-electron chi connectivity index (χ2n) is 6.45. The number of hydrogen-bond donors (Lipinski definition) is 2. The Labute approximate surface area is 120 Å². The largest absolute Gasteiger partial charge is 0.397 e. The average Bonchev–Trinajstić information content (AvgIpc) is 3.01. The van der Waals surface area contributed by atoms with Gasteiger partial charge in [-0.2, -0.15) is 0 Å². The zero-order chi connectivity index (χ0) is 14.3. The number of rotatable bonds is 4. The molecule has 0 heterocycles. The number of carbonyl (C=O) groups is 1. The van der Waals surface area contributed by atoms with Gasteiger partial charge in [-0.15, -0.1) is 0 Å². The molecule has 0 saturated heterocycles. The lowest BCUT2D eigenvalue weighted by molar-refractivity contribution is 0.100. The third-order valence-corrected chi connectivity index (χ3v) is 5.12. The molecule has 20 heavy (non-hydrogen) atoms. The molecular formula is C16H23N3O. The van der Waals surface area contributed by atoms with Gasteiger partial charge in [0, 0.05) is 19.2 Å². The molecule has 1 amide bonds. The van der Waals surface area contributed by atoms with E-state index in [0.29, 0.717) is 11.3 Å². The minimum atomic E-state index is -0.403. The van der Waals surface area contributed by atoms with E-state index in [1.165, 1.54) is 25.7 Å². The summed E-state index contributed by atoms with van der Waals surface area (Å²) in [6.45, 7) is 1.02. The van der Waals surface area contributed by atoms with Gasteiger partial charge >= 0.3 is 0 Å². The predicted octanol–water partition coefficient (Wildman–Crippen LogP) is 2.24. The fourth-order valence-electron chi connectivity index (χ4n) is 4.08. The highest BCUT2D eigenvalue weighted by Gasteiger charge is 2.39. The van der Waals surface area contributed by atoms with Gasteiger partial charge in [0.05, 0.1) is 11.4 Å². The lowest BCUT2D eigenvalue weighted by atomic mass is 9.88. The summed E-state index contributed by atoms with van der Waals surface area (Å²) in [5.41, 5.74) is 13.5. The lowest BCUT2D eigenvalue weighted by Crippen LogP contribution is -2.29. The number of nitrogen functional groups attached to an aromatic ring is 1. The van der Waals surface area contributed by atoms with E-state index in [1.807, 2.05) is 6.07 Å². The summed E-state index contributed by atoms with van der Waals surface area (Å²) in [6.07, 6.45) is 5.57. The second kappa shape index (κ2) is 5.00. The Morgan fingerprint density at radius 1 is 1.35 bits per heavy atom. The maximum atomic E-state index is 11.3. The van der Waals surface area contributed by atoms with Gasteiger partial charge in [0.15, 0.2) is 0 Å². The molecule has 1 aromatic carbocycles. The van der Waals surface area contributed by atoms with E-state index in [0.717, 1.165) is 30.0 Å². The Bertz CT molecular complexity index is 528. The van der Waals surface area contributed by atoms with E-state index >= 15 is 0 Å². The van der Waals surface area contributed by atoms with Crippen molar-refractivity contribution < 1.29 is 4.79 Å². The molecule has 0 spiro atoms. The molecule has 2 fully saturated rings. The number of fused-ring (bicyclic) bond motifs is 2. The summed E-state index contributed by atoms with van der Waals surface area (Å²) in [6, 6.07) is 5.27. The van der Waals surface area contributed by atoms with Crippen LogP contribution in [0.1, 0.15) is 36.0 Å². The van der Waals surface area contributed by atoms with Crippen LogP contribution in [0, 0.1) is 17.8 Å². The molecule has 4 nitrogen and oxygen atoms in total. The van der Waals surface area contributed by atoms with Crippen molar-refractivity contribution in [3.05, 3.63) is 23.8 Å². The van der Waals surface area contributed by atoms with E-state index < -0.39 is 5.91 Å². The van der Waals surface area contributed by atoms with Gasteiger partial charge in [-0.3, -0.25) is 4.79 Å². The Morgan fingerprint density at radius 3 is 2.75 bits per heavy atom. The SMILES string of the molecule is CN(CC1CC2CCC1C2)c1cc(C(N)=O)ccc1N. The molecule has 2 saturated carbocycles. The highest BCUT2D eigenvalue weighted by Crippen LogP contribution is 2.48. The van der Waals surface area contributed by atoms with E-state index in [2.05, 4.69) is 11.9 Å². The number of benzene rings is 1. The molecule has 2 aliphatic carbocycles. The smallest absolute Gasteiger partial charge is 0.248 e. The van der Waals surface area contributed by atoms with Crippen molar-refractivity contribution >= 4 is 17.3 Å². The summed E-state index contributed by atoms with van der Waals surface area (Å²) in [4.78, 5) is 13.5.